The van der Waals surface area contributed by atoms with Gasteiger partial charge < -0.3 is 15.8 Å². The van der Waals surface area contributed by atoms with Gasteiger partial charge in [-0.2, -0.15) is 0 Å². The van der Waals surface area contributed by atoms with Gasteiger partial charge in [0.05, 0.1) is 19.0 Å². The number of aryl methyl sites for hydroxylation is 1. The lowest BCUT2D eigenvalue weighted by Crippen LogP contribution is -2.08. The third-order valence-corrected chi connectivity index (χ3v) is 2.62. The first kappa shape index (κ1) is 13.8. The summed E-state index contributed by atoms with van der Waals surface area (Å²) >= 11 is 0. The highest BCUT2D eigenvalue weighted by molar-refractivity contribution is 5.96. The minimum atomic E-state index is -0.569. The van der Waals surface area contributed by atoms with Crippen molar-refractivity contribution >= 4 is 23.2 Å². The standard InChI is InChI=1S/C14H14FN3O2/c1-8-3-9(15)5-11(4-8)18-13-12(14(19)20-2)6-10(16)7-17-13/h3-7H,16H2,1-2H3,(H,17,18). The van der Waals surface area contributed by atoms with Crippen LogP contribution in [0.15, 0.2) is 30.5 Å². The number of hydrogen-bond acceptors (Lipinski definition) is 5. The van der Waals surface area contributed by atoms with Crippen LogP contribution in [0.4, 0.5) is 21.6 Å². The maximum absolute atomic E-state index is 13.3. The Morgan fingerprint density at radius 3 is 2.75 bits per heavy atom. The Hall–Kier alpha value is -2.63. The zero-order valence-electron chi connectivity index (χ0n) is 11.1. The summed E-state index contributed by atoms with van der Waals surface area (Å²) in [5.41, 5.74) is 7.38. The van der Waals surface area contributed by atoms with Crippen LogP contribution in [0.25, 0.3) is 0 Å². The number of nitrogens with two attached hydrogens (primary N) is 1. The van der Waals surface area contributed by atoms with Crippen molar-refractivity contribution in [3.05, 3.63) is 47.4 Å². The number of benzene rings is 1. The van der Waals surface area contributed by atoms with E-state index in [4.69, 9.17) is 5.73 Å². The van der Waals surface area contributed by atoms with E-state index in [1.54, 1.807) is 13.0 Å². The Kier molecular flexibility index (Phi) is 3.84. The van der Waals surface area contributed by atoms with Gasteiger partial charge in [0.25, 0.3) is 0 Å². The average molecular weight is 275 g/mol. The topological polar surface area (TPSA) is 77.2 Å². The summed E-state index contributed by atoms with van der Waals surface area (Å²) in [5.74, 6) is -0.681. The first-order valence-corrected chi connectivity index (χ1v) is 5.87. The number of methoxy groups -OCH3 is 1. The molecule has 5 nitrogen and oxygen atoms in total. The maximum atomic E-state index is 13.3. The van der Waals surface area contributed by atoms with Gasteiger partial charge in [-0.15, -0.1) is 0 Å². The van der Waals surface area contributed by atoms with Crippen molar-refractivity contribution in [2.24, 2.45) is 0 Å². The van der Waals surface area contributed by atoms with E-state index in [1.807, 2.05) is 0 Å². The molecule has 20 heavy (non-hydrogen) atoms. The molecule has 2 rings (SSSR count). The number of nitrogens with one attached hydrogen (secondary N) is 1. The minimum absolute atomic E-state index is 0.189. The predicted molar refractivity (Wildman–Crippen MR) is 74.4 cm³/mol. The largest absolute Gasteiger partial charge is 0.465 e. The van der Waals surface area contributed by atoms with Gasteiger partial charge in [-0.25, -0.2) is 14.2 Å². The van der Waals surface area contributed by atoms with Crippen molar-refractivity contribution in [1.29, 1.82) is 0 Å². The molecule has 0 spiro atoms. The molecule has 104 valence electrons. The van der Waals surface area contributed by atoms with Crippen LogP contribution in [0, 0.1) is 12.7 Å². The molecule has 0 aliphatic carbocycles. The summed E-state index contributed by atoms with van der Waals surface area (Å²) in [6.45, 7) is 1.77. The van der Waals surface area contributed by atoms with Crippen molar-refractivity contribution in [3.63, 3.8) is 0 Å². The van der Waals surface area contributed by atoms with E-state index >= 15 is 0 Å². The van der Waals surface area contributed by atoms with Crippen molar-refractivity contribution < 1.29 is 13.9 Å². The molecule has 3 N–H and O–H groups in total. The molecule has 2 aromatic rings. The zero-order chi connectivity index (χ0) is 14.7. The molecular formula is C14H14FN3O2. The van der Waals surface area contributed by atoms with E-state index in [0.29, 0.717) is 11.4 Å². The average Bonchev–Trinajstić information content (AvgIpc) is 2.38. The van der Waals surface area contributed by atoms with Crippen molar-refractivity contribution in [2.75, 3.05) is 18.2 Å². The molecule has 0 fully saturated rings. The molecule has 0 amide bonds. The highest BCUT2D eigenvalue weighted by Gasteiger charge is 2.14. The number of nitrogens with zero attached hydrogens (tertiary/aromatic N) is 1. The fourth-order valence-corrected chi connectivity index (χ4v) is 1.79. The summed E-state index contributed by atoms with van der Waals surface area (Å²) < 4.78 is 18.0. The predicted octanol–water partition coefficient (Wildman–Crippen LogP) is 2.64. The fourth-order valence-electron chi connectivity index (χ4n) is 1.79. The lowest BCUT2D eigenvalue weighted by Gasteiger charge is -2.11. The van der Waals surface area contributed by atoms with Gasteiger partial charge in [0.1, 0.15) is 17.2 Å². The fraction of sp³-hybridized carbons (Fsp3) is 0.143. The molecule has 1 aromatic heterocycles. The first-order chi connectivity index (χ1) is 9.49. The summed E-state index contributed by atoms with van der Waals surface area (Å²) in [4.78, 5) is 15.7. The minimum Gasteiger partial charge on any atom is -0.465 e. The maximum Gasteiger partial charge on any atom is 0.341 e. The number of anilines is 3. The van der Waals surface area contributed by atoms with Crippen molar-refractivity contribution in [1.82, 2.24) is 4.98 Å². The Bertz CT molecular complexity index is 639. The number of halogens is 1. The van der Waals surface area contributed by atoms with Gasteiger partial charge in [-0.3, -0.25) is 0 Å². The number of nitrogen functional groups attached to an aromatic ring is 1. The van der Waals surface area contributed by atoms with Crippen LogP contribution in [0.2, 0.25) is 0 Å². The molecule has 0 aliphatic heterocycles. The first-order valence-electron chi connectivity index (χ1n) is 5.87. The molecular weight excluding hydrogens is 261 g/mol. The van der Waals surface area contributed by atoms with E-state index in [2.05, 4.69) is 15.0 Å². The van der Waals surface area contributed by atoms with Crippen molar-refractivity contribution in [2.45, 2.75) is 6.92 Å². The SMILES string of the molecule is COC(=O)c1cc(N)cnc1Nc1cc(C)cc(F)c1. The monoisotopic (exact) mass is 275 g/mol. The Morgan fingerprint density at radius 1 is 1.35 bits per heavy atom. The lowest BCUT2D eigenvalue weighted by molar-refractivity contribution is 0.0601. The Morgan fingerprint density at radius 2 is 2.10 bits per heavy atom. The number of rotatable bonds is 3. The molecule has 0 saturated heterocycles. The summed E-state index contributed by atoms with van der Waals surface area (Å²) in [7, 11) is 1.27. The van der Waals surface area contributed by atoms with E-state index < -0.39 is 5.97 Å². The van der Waals surface area contributed by atoms with Gasteiger partial charge in [-0.1, -0.05) is 0 Å². The Labute approximate surface area is 115 Å². The van der Waals surface area contributed by atoms with Crippen LogP contribution in [-0.4, -0.2) is 18.1 Å². The summed E-state index contributed by atoms with van der Waals surface area (Å²) in [6.07, 6.45) is 1.40. The van der Waals surface area contributed by atoms with E-state index in [0.717, 1.165) is 5.56 Å². The molecule has 1 heterocycles. The van der Waals surface area contributed by atoms with E-state index in [1.165, 1.54) is 31.5 Å². The van der Waals surface area contributed by atoms with Gasteiger partial charge in [-0.05, 0) is 36.8 Å². The second-order valence-electron chi connectivity index (χ2n) is 4.30. The van der Waals surface area contributed by atoms with Gasteiger partial charge in [0.2, 0.25) is 0 Å². The number of esters is 1. The van der Waals surface area contributed by atoms with Crippen LogP contribution in [-0.2, 0) is 4.74 Å². The van der Waals surface area contributed by atoms with Gasteiger partial charge in [0, 0.05) is 5.69 Å². The summed E-state index contributed by atoms with van der Waals surface area (Å²) in [5, 5.41) is 2.89. The normalized spacial score (nSPS) is 10.2. The number of aromatic nitrogens is 1. The third-order valence-electron chi connectivity index (χ3n) is 2.62. The van der Waals surface area contributed by atoms with Gasteiger partial charge in [0.15, 0.2) is 0 Å². The highest BCUT2D eigenvalue weighted by Crippen LogP contribution is 2.22. The van der Waals surface area contributed by atoms with Crippen LogP contribution < -0.4 is 11.1 Å². The second kappa shape index (κ2) is 5.56. The Balaban J connectivity index is 2.40. The molecule has 0 atom stereocenters. The molecule has 0 saturated carbocycles. The second-order valence-corrected chi connectivity index (χ2v) is 4.30. The zero-order valence-corrected chi connectivity index (χ0v) is 11.1. The molecule has 6 heteroatoms. The highest BCUT2D eigenvalue weighted by atomic mass is 19.1. The number of carbonyl (C=O) groups is 1. The smallest absolute Gasteiger partial charge is 0.341 e. The molecule has 0 bridgehead atoms. The quantitative estimate of drug-likeness (QED) is 0.842. The van der Waals surface area contributed by atoms with E-state index in [9.17, 15) is 9.18 Å². The number of carbonyl (C=O) groups excluding carboxylic acids is 1. The van der Waals surface area contributed by atoms with Crippen LogP contribution >= 0.6 is 0 Å². The molecule has 0 unspecified atom stereocenters. The van der Waals surface area contributed by atoms with Crippen LogP contribution in [0.5, 0.6) is 0 Å². The third kappa shape index (κ3) is 3.03. The molecule has 0 radical (unpaired) electrons. The summed E-state index contributed by atoms with van der Waals surface area (Å²) in [6, 6.07) is 5.91. The number of pyridine rings is 1. The van der Waals surface area contributed by atoms with Crippen LogP contribution in [0.3, 0.4) is 0 Å². The molecule has 1 aromatic carbocycles. The number of ether oxygens (including phenoxy) is 1. The van der Waals surface area contributed by atoms with Crippen molar-refractivity contribution in [3.8, 4) is 0 Å². The number of hydrogen-bond donors (Lipinski definition) is 2. The van der Waals surface area contributed by atoms with Crippen LogP contribution in [0.1, 0.15) is 15.9 Å². The molecule has 0 aliphatic rings. The van der Waals surface area contributed by atoms with E-state index in [-0.39, 0.29) is 17.2 Å². The van der Waals surface area contributed by atoms with Gasteiger partial charge >= 0.3 is 5.97 Å². The lowest BCUT2D eigenvalue weighted by atomic mass is 10.2.